The van der Waals surface area contributed by atoms with Gasteiger partial charge < -0.3 is 5.73 Å². The highest BCUT2D eigenvalue weighted by Gasteiger charge is 2.05. The molecule has 0 atom stereocenters. The van der Waals surface area contributed by atoms with Gasteiger partial charge in [0.05, 0.1) is 0 Å². The van der Waals surface area contributed by atoms with E-state index >= 15 is 0 Å². The second-order valence-corrected chi connectivity index (χ2v) is 5.01. The molecule has 0 amide bonds. The van der Waals surface area contributed by atoms with Gasteiger partial charge in [-0.25, -0.2) is 0 Å². The highest BCUT2D eigenvalue weighted by Crippen LogP contribution is 2.10. The lowest BCUT2D eigenvalue weighted by molar-refractivity contribution is 0.257. The van der Waals surface area contributed by atoms with Crippen LogP contribution in [0.2, 0.25) is 0 Å². The Morgan fingerprint density at radius 1 is 1.00 bits per heavy atom. The number of benzene rings is 1. The maximum atomic E-state index is 5.70. The van der Waals surface area contributed by atoms with Crippen molar-refractivity contribution in [3.63, 3.8) is 0 Å². The summed E-state index contributed by atoms with van der Waals surface area (Å²) >= 11 is 0. The molecule has 0 aliphatic carbocycles. The fourth-order valence-corrected chi connectivity index (χ4v) is 2.15. The van der Waals surface area contributed by atoms with E-state index in [0.717, 1.165) is 6.54 Å². The summed E-state index contributed by atoms with van der Waals surface area (Å²) in [6.45, 7) is 8.64. The molecule has 18 heavy (non-hydrogen) atoms. The van der Waals surface area contributed by atoms with Crippen LogP contribution in [-0.4, -0.2) is 18.0 Å². The zero-order chi connectivity index (χ0) is 13.2. The van der Waals surface area contributed by atoms with Crippen molar-refractivity contribution in [2.75, 3.05) is 13.1 Å². The molecular formula is C16H28N2. The summed E-state index contributed by atoms with van der Waals surface area (Å²) in [6.07, 6.45) is 5.12. The third-order valence-electron chi connectivity index (χ3n) is 3.29. The van der Waals surface area contributed by atoms with E-state index in [2.05, 4.69) is 43.0 Å². The lowest BCUT2D eigenvalue weighted by atomic mass is 10.1. The quantitative estimate of drug-likeness (QED) is 0.724. The first-order valence-electron chi connectivity index (χ1n) is 7.30. The molecule has 0 unspecified atom stereocenters. The summed E-state index contributed by atoms with van der Waals surface area (Å²) in [5, 5.41) is 0. The van der Waals surface area contributed by atoms with E-state index in [1.54, 1.807) is 0 Å². The Balaban J connectivity index is 2.56. The molecule has 0 aromatic heterocycles. The first-order valence-corrected chi connectivity index (χ1v) is 7.30. The van der Waals surface area contributed by atoms with Crippen LogP contribution in [-0.2, 0) is 13.1 Å². The highest BCUT2D eigenvalue weighted by atomic mass is 15.1. The molecule has 0 aliphatic rings. The lowest BCUT2D eigenvalue weighted by Crippen LogP contribution is -2.25. The van der Waals surface area contributed by atoms with E-state index in [1.807, 2.05) is 0 Å². The van der Waals surface area contributed by atoms with E-state index < -0.39 is 0 Å². The fourth-order valence-electron chi connectivity index (χ4n) is 2.15. The summed E-state index contributed by atoms with van der Waals surface area (Å²) in [5.74, 6) is 0. The van der Waals surface area contributed by atoms with Crippen molar-refractivity contribution in [2.24, 2.45) is 5.73 Å². The van der Waals surface area contributed by atoms with Crippen molar-refractivity contribution in [1.29, 1.82) is 0 Å². The van der Waals surface area contributed by atoms with E-state index in [0.29, 0.717) is 6.54 Å². The van der Waals surface area contributed by atoms with Crippen LogP contribution < -0.4 is 5.73 Å². The second-order valence-electron chi connectivity index (χ2n) is 5.01. The maximum absolute atomic E-state index is 5.70. The predicted octanol–water partition coefficient (Wildman–Crippen LogP) is 3.55. The molecule has 0 fully saturated rings. The summed E-state index contributed by atoms with van der Waals surface area (Å²) in [4.78, 5) is 2.57. The van der Waals surface area contributed by atoms with Crippen molar-refractivity contribution >= 4 is 0 Å². The van der Waals surface area contributed by atoms with Gasteiger partial charge in [0.1, 0.15) is 0 Å². The Labute approximate surface area is 112 Å². The standard InChI is InChI=1S/C16H28N2/c1-3-5-10-18(11-6-4-2)14-16-9-7-8-15(12-16)13-17/h7-9,12H,3-6,10-11,13-14,17H2,1-2H3. The first kappa shape index (κ1) is 15.2. The zero-order valence-corrected chi connectivity index (χ0v) is 12.0. The fraction of sp³-hybridized carbons (Fsp3) is 0.625. The minimum atomic E-state index is 0.637. The lowest BCUT2D eigenvalue weighted by Gasteiger charge is -2.22. The van der Waals surface area contributed by atoms with Gasteiger partial charge in [-0.1, -0.05) is 51.0 Å². The Kier molecular flexibility index (Phi) is 7.70. The number of hydrogen-bond acceptors (Lipinski definition) is 2. The van der Waals surface area contributed by atoms with Gasteiger partial charge in [-0.2, -0.15) is 0 Å². The molecule has 2 N–H and O–H groups in total. The normalized spacial score (nSPS) is 11.1. The molecular weight excluding hydrogens is 220 g/mol. The van der Waals surface area contributed by atoms with Gasteiger partial charge in [0.15, 0.2) is 0 Å². The molecule has 0 saturated carbocycles. The second kappa shape index (κ2) is 9.12. The van der Waals surface area contributed by atoms with Crippen LogP contribution in [0.3, 0.4) is 0 Å². The minimum absolute atomic E-state index is 0.637. The molecule has 1 aromatic carbocycles. The minimum Gasteiger partial charge on any atom is -0.326 e. The van der Waals surface area contributed by atoms with Crippen LogP contribution in [0.1, 0.15) is 50.7 Å². The van der Waals surface area contributed by atoms with E-state index in [9.17, 15) is 0 Å². The Bertz CT molecular complexity index is 315. The van der Waals surface area contributed by atoms with E-state index in [-0.39, 0.29) is 0 Å². The topological polar surface area (TPSA) is 29.3 Å². The summed E-state index contributed by atoms with van der Waals surface area (Å²) in [7, 11) is 0. The van der Waals surface area contributed by atoms with Gasteiger partial charge >= 0.3 is 0 Å². The number of unbranched alkanes of at least 4 members (excludes halogenated alkanes) is 2. The average molecular weight is 248 g/mol. The first-order chi connectivity index (χ1) is 8.80. The molecule has 0 radical (unpaired) electrons. The third-order valence-corrected chi connectivity index (χ3v) is 3.29. The van der Waals surface area contributed by atoms with Crippen LogP contribution in [0.4, 0.5) is 0 Å². The van der Waals surface area contributed by atoms with Gasteiger partial charge in [0, 0.05) is 13.1 Å². The van der Waals surface area contributed by atoms with Crippen LogP contribution in [0.25, 0.3) is 0 Å². The van der Waals surface area contributed by atoms with Gasteiger partial charge in [0.25, 0.3) is 0 Å². The van der Waals surface area contributed by atoms with Gasteiger partial charge in [-0.3, -0.25) is 4.90 Å². The van der Waals surface area contributed by atoms with Crippen molar-refractivity contribution in [3.8, 4) is 0 Å². The Morgan fingerprint density at radius 2 is 1.61 bits per heavy atom. The van der Waals surface area contributed by atoms with E-state index in [1.165, 1.54) is 49.9 Å². The molecule has 2 heteroatoms. The average Bonchev–Trinajstić information content (AvgIpc) is 2.42. The SMILES string of the molecule is CCCCN(CCCC)Cc1cccc(CN)c1. The molecule has 0 saturated heterocycles. The maximum Gasteiger partial charge on any atom is 0.0233 e. The van der Waals surface area contributed by atoms with Crippen molar-refractivity contribution in [1.82, 2.24) is 4.90 Å². The molecule has 0 aliphatic heterocycles. The van der Waals surface area contributed by atoms with Crippen molar-refractivity contribution < 1.29 is 0 Å². The van der Waals surface area contributed by atoms with Gasteiger partial charge in [-0.05, 0) is 37.1 Å². The van der Waals surface area contributed by atoms with Crippen LogP contribution in [0.15, 0.2) is 24.3 Å². The number of nitrogens with two attached hydrogens (primary N) is 1. The van der Waals surface area contributed by atoms with Gasteiger partial charge in [-0.15, -0.1) is 0 Å². The molecule has 102 valence electrons. The van der Waals surface area contributed by atoms with Crippen molar-refractivity contribution in [2.45, 2.75) is 52.6 Å². The highest BCUT2D eigenvalue weighted by molar-refractivity contribution is 5.23. The molecule has 1 aromatic rings. The largest absolute Gasteiger partial charge is 0.326 e. The Morgan fingerprint density at radius 3 is 2.17 bits per heavy atom. The Hall–Kier alpha value is -0.860. The molecule has 0 bridgehead atoms. The third kappa shape index (κ3) is 5.65. The van der Waals surface area contributed by atoms with Crippen molar-refractivity contribution in [3.05, 3.63) is 35.4 Å². The van der Waals surface area contributed by atoms with Crippen LogP contribution >= 0.6 is 0 Å². The smallest absolute Gasteiger partial charge is 0.0233 e. The van der Waals surface area contributed by atoms with Gasteiger partial charge in [0.2, 0.25) is 0 Å². The summed E-state index contributed by atoms with van der Waals surface area (Å²) in [5.41, 5.74) is 8.32. The number of nitrogens with zero attached hydrogens (tertiary/aromatic N) is 1. The van der Waals surface area contributed by atoms with Crippen LogP contribution in [0.5, 0.6) is 0 Å². The predicted molar refractivity (Wildman–Crippen MR) is 79.4 cm³/mol. The number of hydrogen-bond donors (Lipinski definition) is 1. The summed E-state index contributed by atoms with van der Waals surface area (Å²) in [6, 6.07) is 8.68. The number of rotatable bonds is 9. The molecule has 2 nitrogen and oxygen atoms in total. The summed E-state index contributed by atoms with van der Waals surface area (Å²) < 4.78 is 0. The van der Waals surface area contributed by atoms with E-state index in [4.69, 9.17) is 5.73 Å². The van der Waals surface area contributed by atoms with Crippen LogP contribution in [0, 0.1) is 0 Å². The molecule has 1 rings (SSSR count). The zero-order valence-electron chi connectivity index (χ0n) is 12.0. The monoisotopic (exact) mass is 248 g/mol. The molecule has 0 spiro atoms. The molecule has 0 heterocycles.